The van der Waals surface area contributed by atoms with Gasteiger partial charge in [-0.2, -0.15) is 5.10 Å². The van der Waals surface area contributed by atoms with Gasteiger partial charge in [-0.05, 0) is 49.4 Å². The highest BCUT2D eigenvalue weighted by Crippen LogP contribution is 2.27. The summed E-state index contributed by atoms with van der Waals surface area (Å²) < 4.78 is 1.88. The van der Waals surface area contributed by atoms with Crippen molar-refractivity contribution in [3.05, 3.63) is 48.3 Å². The van der Waals surface area contributed by atoms with E-state index in [4.69, 9.17) is 0 Å². The van der Waals surface area contributed by atoms with Gasteiger partial charge >= 0.3 is 0 Å². The van der Waals surface area contributed by atoms with Crippen molar-refractivity contribution >= 4 is 0 Å². The van der Waals surface area contributed by atoms with Crippen LogP contribution in [0, 0.1) is 5.41 Å². The summed E-state index contributed by atoms with van der Waals surface area (Å²) in [6, 6.07) is 10.5. The van der Waals surface area contributed by atoms with Crippen LogP contribution in [0.15, 0.2) is 42.7 Å². The molecule has 3 nitrogen and oxygen atoms in total. The van der Waals surface area contributed by atoms with Gasteiger partial charge in [0.05, 0.1) is 5.69 Å². The van der Waals surface area contributed by atoms with Crippen LogP contribution in [0.5, 0.6) is 0 Å². The number of rotatable bonds is 5. The normalized spacial score (nSPS) is 12.6. The number of benzene rings is 1. The molecule has 1 heterocycles. The van der Waals surface area contributed by atoms with E-state index >= 15 is 0 Å². The van der Waals surface area contributed by atoms with Gasteiger partial charge in [-0.25, -0.2) is 4.68 Å². The summed E-state index contributed by atoms with van der Waals surface area (Å²) in [5, 5.41) is 7.91. The van der Waals surface area contributed by atoms with Gasteiger partial charge < -0.3 is 5.32 Å². The van der Waals surface area contributed by atoms with Crippen LogP contribution in [-0.2, 0) is 6.54 Å². The van der Waals surface area contributed by atoms with Crippen LogP contribution in [0.3, 0.4) is 0 Å². The maximum absolute atomic E-state index is 4.24. The monoisotopic (exact) mass is 285 g/mol. The van der Waals surface area contributed by atoms with E-state index in [1.165, 1.54) is 5.56 Å². The maximum atomic E-state index is 4.24. The van der Waals surface area contributed by atoms with Gasteiger partial charge in [-0.3, -0.25) is 0 Å². The Morgan fingerprint density at radius 2 is 1.71 bits per heavy atom. The Labute approximate surface area is 128 Å². The Morgan fingerprint density at radius 1 is 1.05 bits per heavy atom. The minimum Gasteiger partial charge on any atom is -0.308 e. The SMILES string of the molecule is CC(C)(C)CC(C)(C)NCc1ccc(-n2cccn2)cc1. The van der Waals surface area contributed by atoms with Crippen molar-refractivity contribution in [1.29, 1.82) is 0 Å². The highest BCUT2D eigenvalue weighted by molar-refractivity contribution is 5.33. The molecule has 2 aromatic rings. The smallest absolute Gasteiger partial charge is 0.0645 e. The minimum atomic E-state index is 0.138. The summed E-state index contributed by atoms with van der Waals surface area (Å²) in [6.07, 6.45) is 4.90. The van der Waals surface area contributed by atoms with Crippen LogP contribution in [0.4, 0.5) is 0 Å². The second-order valence-corrected chi connectivity index (χ2v) is 7.59. The standard InChI is InChI=1S/C18H27N3/c1-17(2,3)14-18(4,5)19-13-15-7-9-16(10-8-15)21-12-6-11-20-21/h6-12,19H,13-14H2,1-5H3. The number of hydrogen-bond donors (Lipinski definition) is 1. The van der Waals surface area contributed by atoms with E-state index in [9.17, 15) is 0 Å². The molecule has 114 valence electrons. The van der Waals surface area contributed by atoms with Crippen LogP contribution in [-0.4, -0.2) is 15.3 Å². The van der Waals surface area contributed by atoms with Crippen molar-refractivity contribution in [2.24, 2.45) is 5.41 Å². The Kier molecular flexibility index (Phi) is 4.52. The Morgan fingerprint density at radius 3 is 2.24 bits per heavy atom. The molecule has 0 saturated carbocycles. The molecule has 0 fully saturated rings. The molecule has 21 heavy (non-hydrogen) atoms. The first kappa shape index (κ1) is 15.8. The Balaban J connectivity index is 1.95. The number of nitrogens with zero attached hydrogens (tertiary/aromatic N) is 2. The second-order valence-electron chi connectivity index (χ2n) is 7.59. The number of aromatic nitrogens is 2. The summed E-state index contributed by atoms with van der Waals surface area (Å²) in [6.45, 7) is 12.3. The third-order valence-electron chi connectivity index (χ3n) is 3.45. The third kappa shape index (κ3) is 5.01. The zero-order valence-electron chi connectivity index (χ0n) is 13.9. The molecular weight excluding hydrogens is 258 g/mol. The lowest BCUT2D eigenvalue weighted by molar-refractivity contribution is 0.241. The Bertz CT molecular complexity index is 545. The molecular formula is C18H27N3. The first-order chi connectivity index (χ1) is 9.75. The van der Waals surface area contributed by atoms with Gasteiger partial charge in [0.2, 0.25) is 0 Å². The van der Waals surface area contributed by atoms with Crippen molar-refractivity contribution in [1.82, 2.24) is 15.1 Å². The van der Waals surface area contributed by atoms with Gasteiger partial charge in [-0.15, -0.1) is 0 Å². The fourth-order valence-electron chi connectivity index (χ4n) is 2.92. The van der Waals surface area contributed by atoms with Crippen LogP contribution in [0.2, 0.25) is 0 Å². The van der Waals surface area contributed by atoms with Gasteiger partial charge in [0.15, 0.2) is 0 Å². The molecule has 0 aliphatic rings. The molecule has 0 unspecified atom stereocenters. The lowest BCUT2D eigenvalue weighted by Gasteiger charge is -2.33. The fraction of sp³-hybridized carbons (Fsp3) is 0.500. The van der Waals surface area contributed by atoms with Crippen LogP contribution in [0.25, 0.3) is 5.69 Å². The second kappa shape index (κ2) is 6.02. The first-order valence-corrected chi connectivity index (χ1v) is 7.59. The predicted octanol–water partition coefficient (Wildman–Crippen LogP) is 4.18. The molecule has 2 rings (SSSR count). The van der Waals surface area contributed by atoms with E-state index in [1.54, 1.807) is 6.20 Å². The summed E-state index contributed by atoms with van der Waals surface area (Å²) in [7, 11) is 0. The molecule has 1 N–H and O–H groups in total. The highest BCUT2D eigenvalue weighted by atomic mass is 15.3. The molecule has 3 heteroatoms. The van der Waals surface area contributed by atoms with Gasteiger partial charge in [-0.1, -0.05) is 32.9 Å². The van der Waals surface area contributed by atoms with E-state index in [-0.39, 0.29) is 5.54 Å². The van der Waals surface area contributed by atoms with E-state index < -0.39 is 0 Å². The highest BCUT2D eigenvalue weighted by Gasteiger charge is 2.24. The van der Waals surface area contributed by atoms with E-state index in [0.29, 0.717) is 5.41 Å². The molecule has 1 aromatic heterocycles. The molecule has 0 saturated heterocycles. The number of nitrogens with one attached hydrogen (secondary N) is 1. The average molecular weight is 285 g/mol. The molecule has 1 aromatic carbocycles. The molecule has 0 radical (unpaired) electrons. The fourth-order valence-corrected chi connectivity index (χ4v) is 2.92. The summed E-state index contributed by atoms with van der Waals surface area (Å²) >= 11 is 0. The summed E-state index contributed by atoms with van der Waals surface area (Å²) in [4.78, 5) is 0. The molecule has 0 amide bonds. The Hall–Kier alpha value is -1.61. The van der Waals surface area contributed by atoms with Crippen molar-refractivity contribution in [2.45, 2.75) is 53.1 Å². The zero-order chi connectivity index (χ0) is 15.5. The van der Waals surface area contributed by atoms with E-state index in [0.717, 1.165) is 18.7 Å². The van der Waals surface area contributed by atoms with Crippen molar-refractivity contribution in [2.75, 3.05) is 0 Å². The predicted molar refractivity (Wildman–Crippen MR) is 88.6 cm³/mol. The third-order valence-corrected chi connectivity index (χ3v) is 3.45. The van der Waals surface area contributed by atoms with E-state index in [1.807, 2.05) is 16.9 Å². The molecule has 0 atom stereocenters. The largest absolute Gasteiger partial charge is 0.308 e. The number of hydrogen-bond acceptors (Lipinski definition) is 2. The van der Waals surface area contributed by atoms with Crippen molar-refractivity contribution in [3.8, 4) is 5.69 Å². The molecule has 0 aliphatic heterocycles. The van der Waals surface area contributed by atoms with Crippen molar-refractivity contribution in [3.63, 3.8) is 0 Å². The zero-order valence-corrected chi connectivity index (χ0v) is 13.9. The van der Waals surface area contributed by atoms with E-state index in [2.05, 4.69) is 69.3 Å². The molecule has 0 bridgehead atoms. The van der Waals surface area contributed by atoms with Crippen LogP contribution >= 0.6 is 0 Å². The van der Waals surface area contributed by atoms with Crippen LogP contribution in [0.1, 0.15) is 46.6 Å². The van der Waals surface area contributed by atoms with Crippen molar-refractivity contribution < 1.29 is 0 Å². The summed E-state index contributed by atoms with van der Waals surface area (Å²) in [5.74, 6) is 0. The lowest BCUT2D eigenvalue weighted by Crippen LogP contribution is -2.41. The van der Waals surface area contributed by atoms with Gasteiger partial charge in [0, 0.05) is 24.5 Å². The maximum Gasteiger partial charge on any atom is 0.0645 e. The van der Waals surface area contributed by atoms with Gasteiger partial charge in [0.25, 0.3) is 0 Å². The molecule has 0 spiro atoms. The first-order valence-electron chi connectivity index (χ1n) is 7.59. The molecule has 0 aliphatic carbocycles. The van der Waals surface area contributed by atoms with Gasteiger partial charge in [0.1, 0.15) is 0 Å². The van der Waals surface area contributed by atoms with Crippen LogP contribution < -0.4 is 5.32 Å². The average Bonchev–Trinajstić information content (AvgIpc) is 2.88. The minimum absolute atomic E-state index is 0.138. The summed E-state index contributed by atoms with van der Waals surface area (Å²) in [5.41, 5.74) is 2.87. The topological polar surface area (TPSA) is 29.9 Å². The lowest BCUT2D eigenvalue weighted by atomic mass is 9.82. The quantitative estimate of drug-likeness (QED) is 0.893.